The van der Waals surface area contributed by atoms with E-state index in [-0.39, 0.29) is 0 Å². The van der Waals surface area contributed by atoms with E-state index in [4.69, 9.17) is 15.0 Å². The van der Waals surface area contributed by atoms with Crippen molar-refractivity contribution in [2.24, 2.45) is 0 Å². The fourth-order valence-electron chi connectivity index (χ4n) is 2.69. The van der Waals surface area contributed by atoms with Crippen molar-refractivity contribution in [1.82, 2.24) is 15.0 Å². The van der Waals surface area contributed by atoms with Crippen LogP contribution < -0.4 is 0 Å². The molecule has 2 aromatic carbocycles. The maximum absolute atomic E-state index is 4.75. The summed E-state index contributed by atoms with van der Waals surface area (Å²) in [7, 11) is 0. The molecule has 0 saturated heterocycles. The fraction of sp³-hybridized carbons (Fsp3) is 0.174. The summed E-state index contributed by atoms with van der Waals surface area (Å²) in [6.07, 6.45) is 7.13. The van der Waals surface area contributed by atoms with Crippen LogP contribution in [0.2, 0.25) is 0 Å². The topological polar surface area (TPSA) is 38.7 Å². The number of hydrogen-bond donors (Lipinski definition) is 0. The molecule has 1 aromatic heterocycles. The molecule has 0 amide bonds. The number of aryl methyl sites for hydroxylation is 1. The van der Waals surface area contributed by atoms with Gasteiger partial charge in [-0.2, -0.15) is 0 Å². The van der Waals surface area contributed by atoms with Crippen molar-refractivity contribution in [2.45, 2.75) is 27.2 Å². The fourth-order valence-corrected chi connectivity index (χ4v) is 2.69. The molecule has 1 heterocycles. The minimum atomic E-state index is 0.692. The highest BCUT2D eigenvalue weighted by molar-refractivity contribution is 5.72. The molecule has 0 atom stereocenters. The SMILES string of the molecule is C/C=C\C(=C/CC)c1nc(-c2ccccc2)nc(-c2ccc(C)cc2)n1. The zero-order chi connectivity index (χ0) is 18.4. The Bertz CT molecular complexity index is 923. The molecular weight excluding hydrogens is 318 g/mol. The third-order valence-electron chi connectivity index (χ3n) is 4.01. The molecule has 26 heavy (non-hydrogen) atoms. The Morgan fingerprint density at radius 3 is 2.04 bits per heavy atom. The van der Waals surface area contributed by atoms with Gasteiger partial charge < -0.3 is 0 Å². The minimum Gasteiger partial charge on any atom is -0.208 e. The molecule has 130 valence electrons. The molecule has 0 N–H and O–H groups in total. The summed E-state index contributed by atoms with van der Waals surface area (Å²) in [6.45, 7) is 6.19. The Hall–Kier alpha value is -3.07. The Balaban J connectivity index is 2.19. The van der Waals surface area contributed by atoms with E-state index in [0.717, 1.165) is 23.1 Å². The number of allylic oxidation sites excluding steroid dienone is 4. The summed E-state index contributed by atoms with van der Waals surface area (Å²) >= 11 is 0. The molecule has 0 unspecified atom stereocenters. The lowest BCUT2D eigenvalue weighted by atomic mass is 10.1. The van der Waals surface area contributed by atoms with E-state index < -0.39 is 0 Å². The zero-order valence-corrected chi connectivity index (χ0v) is 15.5. The summed E-state index contributed by atoms with van der Waals surface area (Å²) in [5.41, 5.74) is 4.21. The molecule has 0 aliphatic heterocycles. The van der Waals surface area contributed by atoms with Gasteiger partial charge in [-0.25, -0.2) is 15.0 Å². The average molecular weight is 341 g/mol. The van der Waals surface area contributed by atoms with Crippen LogP contribution >= 0.6 is 0 Å². The molecular formula is C23H23N3. The number of benzene rings is 2. The highest BCUT2D eigenvalue weighted by Crippen LogP contribution is 2.23. The second-order valence-electron chi connectivity index (χ2n) is 6.11. The number of rotatable bonds is 5. The van der Waals surface area contributed by atoms with Crippen molar-refractivity contribution in [2.75, 3.05) is 0 Å². The van der Waals surface area contributed by atoms with Crippen molar-refractivity contribution in [1.29, 1.82) is 0 Å². The first kappa shape index (κ1) is 17.7. The summed E-state index contributed by atoms with van der Waals surface area (Å²) in [5, 5.41) is 0. The van der Waals surface area contributed by atoms with Gasteiger partial charge >= 0.3 is 0 Å². The molecule has 0 radical (unpaired) electrons. The summed E-state index contributed by atoms with van der Waals surface area (Å²) in [4.78, 5) is 14.2. The van der Waals surface area contributed by atoms with Gasteiger partial charge in [0.1, 0.15) is 0 Å². The zero-order valence-electron chi connectivity index (χ0n) is 15.5. The molecule has 3 nitrogen and oxygen atoms in total. The van der Waals surface area contributed by atoms with Crippen LogP contribution in [0.1, 0.15) is 31.7 Å². The van der Waals surface area contributed by atoms with Gasteiger partial charge in [-0.15, -0.1) is 0 Å². The quantitative estimate of drug-likeness (QED) is 0.544. The smallest absolute Gasteiger partial charge is 0.164 e. The van der Waals surface area contributed by atoms with E-state index in [1.54, 1.807) is 0 Å². The van der Waals surface area contributed by atoms with Gasteiger partial charge in [0, 0.05) is 16.7 Å². The summed E-state index contributed by atoms with van der Waals surface area (Å²) in [5.74, 6) is 2.09. The maximum atomic E-state index is 4.75. The molecule has 0 saturated carbocycles. The van der Waals surface area contributed by atoms with Crippen LogP contribution in [0.15, 0.2) is 72.8 Å². The Morgan fingerprint density at radius 2 is 1.46 bits per heavy atom. The van der Waals surface area contributed by atoms with Crippen molar-refractivity contribution in [3.8, 4) is 22.8 Å². The van der Waals surface area contributed by atoms with Gasteiger partial charge in [0.15, 0.2) is 17.5 Å². The van der Waals surface area contributed by atoms with E-state index in [9.17, 15) is 0 Å². The first-order chi connectivity index (χ1) is 12.7. The van der Waals surface area contributed by atoms with Crippen molar-refractivity contribution < 1.29 is 0 Å². The van der Waals surface area contributed by atoms with Crippen LogP contribution in [-0.4, -0.2) is 15.0 Å². The van der Waals surface area contributed by atoms with Gasteiger partial charge in [0.05, 0.1) is 0 Å². The van der Waals surface area contributed by atoms with Crippen LogP contribution in [0.5, 0.6) is 0 Å². The van der Waals surface area contributed by atoms with E-state index in [1.807, 2.05) is 49.4 Å². The number of hydrogen-bond acceptors (Lipinski definition) is 3. The van der Waals surface area contributed by atoms with E-state index in [2.05, 4.69) is 44.2 Å². The third-order valence-corrected chi connectivity index (χ3v) is 4.01. The van der Waals surface area contributed by atoms with Crippen molar-refractivity contribution >= 4 is 5.57 Å². The van der Waals surface area contributed by atoms with Crippen molar-refractivity contribution in [3.05, 3.63) is 84.2 Å². The predicted octanol–water partition coefficient (Wildman–Crippen LogP) is 5.88. The second-order valence-corrected chi connectivity index (χ2v) is 6.11. The first-order valence-electron chi connectivity index (χ1n) is 8.93. The number of aromatic nitrogens is 3. The second kappa shape index (κ2) is 8.34. The third kappa shape index (κ3) is 4.12. The molecule has 3 heteroatoms. The maximum Gasteiger partial charge on any atom is 0.164 e. The Labute approximate surface area is 155 Å². The van der Waals surface area contributed by atoms with Crippen molar-refractivity contribution in [3.63, 3.8) is 0 Å². The van der Waals surface area contributed by atoms with Crippen LogP contribution in [0.4, 0.5) is 0 Å². The Morgan fingerprint density at radius 1 is 0.846 bits per heavy atom. The van der Waals surface area contributed by atoms with Gasteiger partial charge in [-0.3, -0.25) is 0 Å². The predicted molar refractivity (Wildman–Crippen MR) is 109 cm³/mol. The van der Waals surface area contributed by atoms with Gasteiger partial charge in [-0.1, -0.05) is 85.3 Å². The first-order valence-corrected chi connectivity index (χ1v) is 8.93. The normalized spacial score (nSPS) is 11.9. The van der Waals surface area contributed by atoms with Gasteiger partial charge in [-0.05, 0) is 20.3 Å². The lowest BCUT2D eigenvalue weighted by Gasteiger charge is -2.09. The standard InChI is InChI=1S/C23H23N3/c1-4-9-18(10-5-2)21-24-22(19-11-7-6-8-12-19)26-23(25-21)20-15-13-17(3)14-16-20/h4,6-16H,5H2,1-3H3/b9-4-,18-10+. The van der Waals surface area contributed by atoms with E-state index in [0.29, 0.717) is 17.5 Å². The molecule has 0 aliphatic carbocycles. The van der Waals surface area contributed by atoms with Crippen LogP contribution in [-0.2, 0) is 0 Å². The highest BCUT2D eigenvalue weighted by Gasteiger charge is 2.12. The Kier molecular flexibility index (Phi) is 5.69. The summed E-state index contributed by atoms with van der Waals surface area (Å²) < 4.78 is 0. The largest absolute Gasteiger partial charge is 0.208 e. The van der Waals surface area contributed by atoms with Gasteiger partial charge in [0.25, 0.3) is 0 Å². The molecule has 0 aliphatic rings. The minimum absolute atomic E-state index is 0.692. The van der Waals surface area contributed by atoms with Crippen LogP contribution in [0, 0.1) is 6.92 Å². The number of nitrogens with zero attached hydrogens (tertiary/aromatic N) is 3. The molecule has 0 fully saturated rings. The molecule has 0 spiro atoms. The molecule has 3 aromatic rings. The van der Waals surface area contributed by atoms with Gasteiger partial charge in [0.2, 0.25) is 0 Å². The lowest BCUT2D eigenvalue weighted by molar-refractivity contribution is 1.03. The van der Waals surface area contributed by atoms with Crippen LogP contribution in [0.3, 0.4) is 0 Å². The average Bonchev–Trinajstić information content (AvgIpc) is 2.69. The monoisotopic (exact) mass is 341 g/mol. The highest BCUT2D eigenvalue weighted by atomic mass is 15.0. The van der Waals surface area contributed by atoms with E-state index >= 15 is 0 Å². The van der Waals surface area contributed by atoms with Crippen LogP contribution in [0.25, 0.3) is 28.3 Å². The molecule has 0 bridgehead atoms. The summed E-state index contributed by atoms with van der Waals surface area (Å²) in [6, 6.07) is 18.3. The lowest BCUT2D eigenvalue weighted by Crippen LogP contribution is -2.02. The molecule has 3 rings (SSSR count). The van der Waals surface area contributed by atoms with E-state index in [1.165, 1.54) is 5.56 Å².